The number of anilines is 1. The number of hydrogen-bond acceptors (Lipinski definition) is 4. The Balaban J connectivity index is 2.01. The predicted octanol–water partition coefficient (Wildman–Crippen LogP) is 3.33. The van der Waals surface area contributed by atoms with Crippen molar-refractivity contribution < 1.29 is 0 Å². The molecule has 2 heterocycles. The number of fused-ring (bicyclic) bond motifs is 1. The minimum Gasteiger partial charge on any atom is -0.362 e. The summed E-state index contributed by atoms with van der Waals surface area (Å²) in [5, 5.41) is 8.00. The number of aromatic nitrogens is 4. The molecular weight excluding hydrogens is 262 g/mol. The fourth-order valence-electron chi connectivity index (χ4n) is 2.53. The molecule has 108 valence electrons. The van der Waals surface area contributed by atoms with E-state index in [-0.39, 0.29) is 6.04 Å². The molecule has 0 radical (unpaired) electrons. The predicted molar refractivity (Wildman–Crippen MR) is 84.2 cm³/mol. The Morgan fingerprint density at radius 3 is 2.67 bits per heavy atom. The quantitative estimate of drug-likeness (QED) is 0.797. The summed E-state index contributed by atoms with van der Waals surface area (Å²) in [4.78, 5) is 8.77. The fraction of sp³-hybridized carbons (Fsp3) is 0.312. The molecule has 0 aliphatic carbocycles. The largest absolute Gasteiger partial charge is 0.362 e. The molecule has 2 aromatic heterocycles. The highest BCUT2D eigenvalue weighted by Gasteiger charge is 2.15. The van der Waals surface area contributed by atoms with Crippen molar-refractivity contribution in [1.29, 1.82) is 0 Å². The monoisotopic (exact) mass is 281 g/mol. The van der Waals surface area contributed by atoms with Crippen molar-refractivity contribution in [2.75, 3.05) is 5.32 Å². The first kappa shape index (κ1) is 13.5. The summed E-state index contributed by atoms with van der Waals surface area (Å²) in [6, 6.07) is 10.5. The van der Waals surface area contributed by atoms with Gasteiger partial charge in [-0.15, -0.1) is 0 Å². The average molecular weight is 281 g/mol. The maximum atomic E-state index is 4.52. The molecule has 0 bridgehead atoms. The van der Waals surface area contributed by atoms with E-state index in [4.69, 9.17) is 0 Å². The van der Waals surface area contributed by atoms with Crippen molar-refractivity contribution in [3.63, 3.8) is 0 Å². The molecule has 0 spiro atoms. The lowest BCUT2D eigenvalue weighted by Gasteiger charge is -2.15. The van der Waals surface area contributed by atoms with Crippen LogP contribution in [0.1, 0.15) is 31.1 Å². The highest BCUT2D eigenvalue weighted by Crippen LogP contribution is 2.25. The highest BCUT2D eigenvalue weighted by atomic mass is 15.3. The molecule has 3 aromatic rings. The summed E-state index contributed by atoms with van der Waals surface area (Å²) in [5.74, 6) is 0.832. The van der Waals surface area contributed by atoms with Crippen LogP contribution in [0.3, 0.4) is 0 Å². The minimum absolute atomic E-state index is 0.171. The topological polar surface area (TPSA) is 55.6 Å². The zero-order valence-electron chi connectivity index (χ0n) is 12.5. The molecule has 1 atom stereocenters. The molecule has 0 aliphatic rings. The maximum Gasteiger partial charge on any atom is 0.156 e. The molecule has 1 aromatic carbocycles. The molecule has 0 amide bonds. The molecule has 5 heteroatoms. The van der Waals surface area contributed by atoms with Gasteiger partial charge in [-0.2, -0.15) is 5.10 Å². The fourth-order valence-corrected chi connectivity index (χ4v) is 2.53. The van der Waals surface area contributed by atoms with Crippen molar-refractivity contribution in [2.45, 2.75) is 33.4 Å². The third-order valence-corrected chi connectivity index (χ3v) is 3.65. The van der Waals surface area contributed by atoms with Gasteiger partial charge in [0.1, 0.15) is 17.4 Å². The van der Waals surface area contributed by atoms with Gasteiger partial charge in [-0.05, 0) is 26.3 Å². The summed E-state index contributed by atoms with van der Waals surface area (Å²) < 4.78 is 1.95. The van der Waals surface area contributed by atoms with Gasteiger partial charge < -0.3 is 5.32 Å². The van der Waals surface area contributed by atoms with Crippen LogP contribution in [0, 0.1) is 6.92 Å². The number of nitrogens with zero attached hydrogens (tertiary/aromatic N) is 4. The van der Waals surface area contributed by atoms with Crippen molar-refractivity contribution in [3.8, 4) is 0 Å². The summed E-state index contributed by atoms with van der Waals surface area (Å²) in [7, 11) is 0. The third kappa shape index (κ3) is 2.46. The lowest BCUT2D eigenvalue weighted by atomic mass is 10.1. The van der Waals surface area contributed by atoms with Crippen LogP contribution in [-0.2, 0) is 6.54 Å². The number of nitrogens with one attached hydrogen (secondary N) is 1. The Hall–Kier alpha value is -2.43. The minimum atomic E-state index is 0.171. The van der Waals surface area contributed by atoms with Crippen molar-refractivity contribution in [2.24, 2.45) is 0 Å². The molecular formula is C16H19N5. The van der Waals surface area contributed by atoms with E-state index in [1.807, 2.05) is 29.8 Å². The molecule has 1 N–H and O–H groups in total. The van der Waals surface area contributed by atoms with Crippen molar-refractivity contribution in [1.82, 2.24) is 19.7 Å². The Labute approximate surface area is 124 Å². The van der Waals surface area contributed by atoms with Gasteiger partial charge in [0.05, 0.1) is 11.7 Å². The number of benzene rings is 1. The van der Waals surface area contributed by atoms with Gasteiger partial charge in [0.25, 0.3) is 0 Å². The van der Waals surface area contributed by atoms with Crippen molar-refractivity contribution in [3.05, 3.63) is 47.9 Å². The number of rotatable bonds is 4. The summed E-state index contributed by atoms with van der Waals surface area (Å²) in [6.45, 7) is 6.98. The second-order valence-corrected chi connectivity index (χ2v) is 5.10. The normalized spacial score (nSPS) is 12.5. The van der Waals surface area contributed by atoms with Gasteiger partial charge >= 0.3 is 0 Å². The van der Waals surface area contributed by atoms with E-state index in [1.165, 1.54) is 5.56 Å². The van der Waals surface area contributed by atoms with E-state index in [0.29, 0.717) is 0 Å². The van der Waals surface area contributed by atoms with E-state index in [1.54, 1.807) is 6.33 Å². The van der Waals surface area contributed by atoms with Crippen LogP contribution in [0.2, 0.25) is 0 Å². The number of aryl methyl sites for hydroxylation is 2. The Bertz CT molecular complexity index is 748. The number of hydrogen-bond donors (Lipinski definition) is 1. The maximum absolute atomic E-state index is 4.52. The first-order valence-electron chi connectivity index (χ1n) is 7.20. The van der Waals surface area contributed by atoms with Crippen LogP contribution < -0.4 is 5.32 Å². The van der Waals surface area contributed by atoms with E-state index < -0.39 is 0 Å². The summed E-state index contributed by atoms with van der Waals surface area (Å²) in [6.07, 6.45) is 1.59. The molecule has 0 saturated carbocycles. The third-order valence-electron chi connectivity index (χ3n) is 3.65. The van der Waals surface area contributed by atoms with Crippen LogP contribution in [0.25, 0.3) is 11.0 Å². The van der Waals surface area contributed by atoms with Gasteiger partial charge in [0.2, 0.25) is 0 Å². The van der Waals surface area contributed by atoms with Gasteiger partial charge in [-0.1, -0.05) is 30.3 Å². The molecule has 0 fully saturated rings. The van der Waals surface area contributed by atoms with Gasteiger partial charge in [-0.3, -0.25) is 4.68 Å². The van der Waals surface area contributed by atoms with Gasteiger partial charge in [-0.25, -0.2) is 9.97 Å². The second-order valence-electron chi connectivity index (χ2n) is 5.10. The SMILES string of the molecule is CCn1nc(C)c2ncnc(NC(C)c3ccccc3)c21. The standard InChI is InChI=1S/C16H19N5/c1-4-21-15-14(12(3)20-21)17-10-18-16(15)19-11(2)13-8-6-5-7-9-13/h5-11H,4H2,1-3H3,(H,17,18,19). The summed E-state index contributed by atoms with van der Waals surface area (Å²) >= 11 is 0. The average Bonchev–Trinajstić information content (AvgIpc) is 2.86. The zero-order chi connectivity index (χ0) is 14.8. The Morgan fingerprint density at radius 1 is 1.19 bits per heavy atom. The van der Waals surface area contributed by atoms with Crippen LogP contribution in [0.5, 0.6) is 0 Å². The van der Waals surface area contributed by atoms with Crippen molar-refractivity contribution >= 4 is 16.9 Å². The lowest BCUT2D eigenvalue weighted by molar-refractivity contribution is 0.675. The molecule has 0 aliphatic heterocycles. The van der Waals surface area contributed by atoms with Gasteiger partial charge in [0, 0.05) is 6.54 Å². The second kappa shape index (κ2) is 5.52. The van der Waals surface area contributed by atoms with Crippen LogP contribution in [0.4, 0.5) is 5.82 Å². The zero-order valence-corrected chi connectivity index (χ0v) is 12.5. The van der Waals surface area contributed by atoms with Crippen LogP contribution >= 0.6 is 0 Å². The van der Waals surface area contributed by atoms with Crippen LogP contribution in [0.15, 0.2) is 36.7 Å². The van der Waals surface area contributed by atoms with E-state index >= 15 is 0 Å². The Kier molecular flexibility index (Phi) is 3.56. The molecule has 0 saturated heterocycles. The van der Waals surface area contributed by atoms with E-state index in [2.05, 4.69) is 46.4 Å². The smallest absolute Gasteiger partial charge is 0.156 e. The van der Waals surface area contributed by atoms with E-state index in [9.17, 15) is 0 Å². The first-order valence-corrected chi connectivity index (χ1v) is 7.20. The molecule has 21 heavy (non-hydrogen) atoms. The van der Waals surface area contributed by atoms with Crippen LogP contribution in [-0.4, -0.2) is 19.7 Å². The van der Waals surface area contributed by atoms with Gasteiger partial charge in [0.15, 0.2) is 5.82 Å². The summed E-state index contributed by atoms with van der Waals surface area (Å²) in [5.41, 5.74) is 4.04. The highest BCUT2D eigenvalue weighted by molar-refractivity contribution is 5.87. The first-order chi connectivity index (χ1) is 10.2. The Morgan fingerprint density at radius 2 is 1.95 bits per heavy atom. The molecule has 3 rings (SSSR count). The van der Waals surface area contributed by atoms with E-state index in [0.717, 1.165) is 29.1 Å². The lowest BCUT2D eigenvalue weighted by Crippen LogP contribution is -2.10. The molecule has 5 nitrogen and oxygen atoms in total. The molecule has 1 unspecified atom stereocenters.